The smallest absolute Gasteiger partial charge is 0.411 e. The second-order valence-corrected chi connectivity index (χ2v) is 7.38. The van der Waals surface area contributed by atoms with Gasteiger partial charge < -0.3 is 19.5 Å². The lowest BCUT2D eigenvalue weighted by atomic mass is 10.0. The van der Waals surface area contributed by atoms with E-state index in [0.717, 1.165) is 39.4 Å². The van der Waals surface area contributed by atoms with Crippen LogP contribution in [0.2, 0.25) is 0 Å². The molecule has 1 amide bonds. The number of aromatic nitrogens is 1. The van der Waals surface area contributed by atoms with Crippen molar-refractivity contribution in [1.29, 1.82) is 5.41 Å². The van der Waals surface area contributed by atoms with Crippen molar-refractivity contribution >= 4 is 24.1 Å². The first-order chi connectivity index (χ1) is 15.6. The number of ether oxygens (including phenoxy) is 2. The number of anilines is 1. The zero-order valence-electron chi connectivity index (χ0n) is 18.1. The Balaban J connectivity index is 1.90. The van der Waals surface area contributed by atoms with E-state index in [2.05, 4.69) is 28.1 Å². The van der Waals surface area contributed by atoms with Gasteiger partial charge in [-0.1, -0.05) is 42.5 Å². The van der Waals surface area contributed by atoms with Gasteiger partial charge in [-0.2, -0.15) is 0 Å². The fraction of sp³-hybridized carbons (Fsp3) is 0.154. The summed E-state index contributed by atoms with van der Waals surface area (Å²) in [5, 5.41) is 10.9. The van der Waals surface area contributed by atoms with Crippen LogP contribution in [0.4, 0.5) is 10.5 Å². The number of rotatable bonds is 6. The molecule has 1 aromatic heterocycles. The number of hydrogen-bond acceptors (Lipinski definition) is 4. The first kappa shape index (κ1) is 21.2. The Labute approximate surface area is 187 Å². The third-order valence-corrected chi connectivity index (χ3v) is 5.49. The Morgan fingerprint density at radius 2 is 1.94 bits per heavy atom. The first-order valence-corrected chi connectivity index (χ1v) is 10.3. The number of amides is 1. The highest BCUT2D eigenvalue weighted by Crippen LogP contribution is 2.35. The molecule has 1 heterocycles. The molecule has 4 rings (SSSR count). The van der Waals surface area contributed by atoms with Gasteiger partial charge in [-0.05, 0) is 35.9 Å². The fourth-order valence-corrected chi connectivity index (χ4v) is 4.01. The maximum Gasteiger partial charge on any atom is 0.411 e. The normalized spacial score (nSPS) is 12.4. The summed E-state index contributed by atoms with van der Waals surface area (Å²) in [6, 6.07) is 17.8. The van der Waals surface area contributed by atoms with Crippen molar-refractivity contribution in [2.45, 2.75) is 13.0 Å². The van der Waals surface area contributed by atoms with E-state index < -0.39 is 6.09 Å². The lowest BCUT2D eigenvalue weighted by Crippen LogP contribution is -2.11. The van der Waals surface area contributed by atoms with Gasteiger partial charge in [-0.3, -0.25) is 5.32 Å². The molecule has 0 spiro atoms. The second-order valence-electron chi connectivity index (χ2n) is 7.38. The monoisotopic (exact) mass is 427 g/mol. The number of carbonyl (C=O) groups excluding carboxylic acids is 1. The second kappa shape index (κ2) is 9.39. The third-order valence-electron chi connectivity index (χ3n) is 5.49. The van der Waals surface area contributed by atoms with Gasteiger partial charge in [-0.25, -0.2) is 4.79 Å². The summed E-state index contributed by atoms with van der Waals surface area (Å²) in [4.78, 5) is 11.7. The SMILES string of the molecule is COC(=O)Nc1cccc(-c2c(C=N)c3c(n2Cc2ccccc2)CC=C(OC)C=C3)c1. The summed E-state index contributed by atoms with van der Waals surface area (Å²) in [6.07, 6.45) is 7.56. The molecule has 162 valence electrons. The van der Waals surface area contributed by atoms with Crippen LogP contribution in [0.3, 0.4) is 0 Å². The number of hydrogen-bond donors (Lipinski definition) is 2. The molecule has 0 unspecified atom stereocenters. The minimum Gasteiger partial charge on any atom is -0.497 e. The van der Waals surface area contributed by atoms with E-state index in [1.165, 1.54) is 13.3 Å². The van der Waals surface area contributed by atoms with E-state index >= 15 is 0 Å². The zero-order valence-corrected chi connectivity index (χ0v) is 18.1. The van der Waals surface area contributed by atoms with Gasteiger partial charge in [0.2, 0.25) is 0 Å². The Morgan fingerprint density at radius 1 is 1.12 bits per heavy atom. The van der Waals surface area contributed by atoms with Crippen molar-refractivity contribution in [1.82, 2.24) is 4.57 Å². The molecule has 0 fully saturated rings. The average Bonchev–Trinajstić information content (AvgIpc) is 2.96. The van der Waals surface area contributed by atoms with Gasteiger partial charge in [-0.15, -0.1) is 0 Å². The number of nitrogens with one attached hydrogen (secondary N) is 2. The minimum absolute atomic E-state index is 0.523. The van der Waals surface area contributed by atoms with Crippen molar-refractivity contribution in [3.63, 3.8) is 0 Å². The van der Waals surface area contributed by atoms with Crippen LogP contribution in [0.15, 0.2) is 72.5 Å². The lowest BCUT2D eigenvalue weighted by Gasteiger charge is -2.15. The molecule has 2 N–H and O–H groups in total. The Morgan fingerprint density at radius 3 is 2.66 bits per heavy atom. The standard InChI is InChI=1S/C26H25N3O3/c1-31-21-11-13-22-23(16-27)25(19-9-6-10-20(15-19)28-26(30)32-2)29(24(22)14-12-21)17-18-7-4-3-5-8-18/h3-13,15-16,27H,14,17H2,1-2H3,(H,28,30). The highest BCUT2D eigenvalue weighted by molar-refractivity contribution is 5.95. The molecular weight excluding hydrogens is 402 g/mol. The molecule has 0 bridgehead atoms. The molecule has 1 aliphatic rings. The largest absolute Gasteiger partial charge is 0.497 e. The van der Waals surface area contributed by atoms with Gasteiger partial charge >= 0.3 is 6.09 Å². The Hall–Kier alpha value is -4.06. The van der Waals surface area contributed by atoms with Gasteiger partial charge in [0, 0.05) is 47.3 Å². The Kier molecular flexibility index (Phi) is 6.22. The van der Waals surface area contributed by atoms with Crippen LogP contribution in [0.1, 0.15) is 22.4 Å². The van der Waals surface area contributed by atoms with Gasteiger partial charge in [0.1, 0.15) is 5.76 Å². The van der Waals surface area contributed by atoms with Crippen LogP contribution in [-0.2, 0) is 22.4 Å². The lowest BCUT2D eigenvalue weighted by molar-refractivity contribution is 0.187. The van der Waals surface area contributed by atoms with Crippen molar-refractivity contribution in [2.75, 3.05) is 19.5 Å². The van der Waals surface area contributed by atoms with Crippen LogP contribution in [0, 0.1) is 5.41 Å². The third kappa shape index (κ3) is 4.21. The van der Waals surface area contributed by atoms with E-state index in [-0.39, 0.29) is 0 Å². The predicted molar refractivity (Wildman–Crippen MR) is 127 cm³/mol. The van der Waals surface area contributed by atoms with E-state index in [0.29, 0.717) is 18.7 Å². The van der Waals surface area contributed by atoms with Gasteiger partial charge in [0.25, 0.3) is 0 Å². The highest BCUT2D eigenvalue weighted by atomic mass is 16.5. The summed E-state index contributed by atoms with van der Waals surface area (Å²) in [5.74, 6) is 0.800. The van der Waals surface area contributed by atoms with E-state index in [1.54, 1.807) is 7.11 Å². The summed E-state index contributed by atoms with van der Waals surface area (Å²) < 4.78 is 12.4. The van der Waals surface area contributed by atoms with Crippen molar-refractivity contribution in [3.05, 3.63) is 94.9 Å². The van der Waals surface area contributed by atoms with E-state index in [4.69, 9.17) is 14.9 Å². The van der Waals surface area contributed by atoms with Crippen molar-refractivity contribution < 1.29 is 14.3 Å². The maximum atomic E-state index is 11.7. The molecule has 6 heteroatoms. The number of nitrogens with zero attached hydrogens (tertiary/aromatic N) is 1. The summed E-state index contributed by atoms with van der Waals surface area (Å²) >= 11 is 0. The number of benzene rings is 2. The molecular formula is C26H25N3O3. The molecule has 32 heavy (non-hydrogen) atoms. The highest BCUT2D eigenvalue weighted by Gasteiger charge is 2.22. The number of carbonyl (C=O) groups is 1. The molecule has 0 aliphatic heterocycles. The van der Waals surface area contributed by atoms with E-state index in [1.807, 2.05) is 54.6 Å². The molecule has 1 aliphatic carbocycles. The van der Waals surface area contributed by atoms with Crippen LogP contribution >= 0.6 is 0 Å². The van der Waals surface area contributed by atoms with Gasteiger partial charge in [0.05, 0.1) is 19.9 Å². The summed E-state index contributed by atoms with van der Waals surface area (Å²) in [7, 11) is 3.00. The van der Waals surface area contributed by atoms with Crippen LogP contribution < -0.4 is 5.32 Å². The van der Waals surface area contributed by atoms with Crippen LogP contribution in [0.5, 0.6) is 0 Å². The topological polar surface area (TPSA) is 76.3 Å². The Bertz CT molecular complexity index is 1210. The fourth-order valence-electron chi connectivity index (χ4n) is 4.01. The maximum absolute atomic E-state index is 11.7. The number of allylic oxidation sites excluding steroid dienone is 2. The van der Waals surface area contributed by atoms with Gasteiger partial charge in [0.15, 0.2) is 0 Å². The van der Waals surface area contributed by atoms with Crippen LogP contribution in [0.25, 0.3) is 17.3 Å². The minimum atomic E-state index is -0.523. The first-order valence-electron chi connectivity index (χ1n) is 10.3. The average molecular weight is 428 g/mol. The van der Waals surface area contributed by atoms with E-state index in [9.17, 15) is 4.79 Å². The molecule has 6 nitrogen and oxygen atoms in total. The summed E-state index contributed by atoms with van der Waals surface area (Å²) in [6.45, 7) is 0.658. The quantitative estimate of drug-likeness (QED) is 0.512. The molecule has 3 aromatic rings. The molecule has 0 atom stereocenters. The van der Waals surface area contributed by atoms with Crippen molar-refractivity contribution in [2.24, 2.45) is 0 Å². The zero-order chi connectivity index (χ0) is 22.5. The summed E-state index contributed by atoms with van der Waals surface area (Å²) in [5.41, 5.74) is 6.57. The molecule has 0 saturated carbocycles. The molecule has 0 saturated heterocycles. The molecule has 2 aromatic carbocycles. The molecule has 0 radical (unpaired) electrons. The predicted octanol–water partition coefficient (Wildman–Crippen LogP) is 5.48. The number of methoxy groups -OCH3 is 2. The van der Waals surface area contributed by atoms with Crippen molar-refractivity contribution in [3.8, 4) is 11.3 Å². The van der Waals surface area contributed by atoms with Crippen LogP contribution in [-0.4, -0.2) is 31.1 Å². The number of fused-ring (bicyclic) bond motifs is 1.